The van der Waals surface area contributed by atoms with E-state index in [0.717, 1.165) is 16.6 Å². The van der Waals surface area contributed by atoms with E-state index in [4.69, 9.17) is 14.2 Å². The third kappa shape index (κ3) is 3.52. The number of nitrogens with zero attached hydrogens (tertiary/aromatic N) is 3. The van der Waals surface area contributed by atoms with Gasteiger partial charge in [-0.3, -0.25) is 0 Å². The smallest absolute Gasteiger partial charge is 0.203 e. The minimum Gasteiger partial charge on any atom is -0.493 e. The first-order chi connectivity index (χ1) is 13.7. The normalized spacial score (nSPS) is 11.3. The molecule has 0 spiro atoms. The highest BCUT2D eigenvalue weighted by Gasteiger charge is 2.16. The molecule has 144 valence electrons. The van der Waals surface area contributed by atoms with Crippen molar-refractivity contribution in [2.24, 2.45) is 0 Å². The Labute approximate surface area is 164 Å². The van der Waals surface area contributed by atoms with Crippen LogP contribution in [0.1, 0.15) is 25.2 Å². The topological polar surface area (TPSA) is 69.3 Å². The second-order valence-corrected chi connectivity index (χ2v) is 6.03. The summed E-state index contributed by atoms with van der Waals surface area (Å²) >= 11 is 0. The molecule has 3 rings (SSSR count). The summed E-state index contributed by atoms with van der Waals surface area (Å²) in [5, 5.41) is 9.82. The maximum Gasteiger partial charge on any atom is 0.203 e. The van der Waals surface area contributed by atoms with Gasteiger partial charge < -0.3 is 18.8 Å². The molecule has 0 bridgehead atoms. The first-order valence-corrected chi connectivity index (χ1v) is 9.13. The zero-order chi connectivity index (χ0) is 20.1. The second kappa shape index (κ2) is 8.49. The van der Waals surface area contributed by atoms with E-state index in [0.29, 0.717) is 41.8 Å². The van der Waals surface area contributed by atoms with Crippen LogP contribution in [0.3, 0.4) is 0 Å². The highest BCUT2D eigenvalue weighted by molar-refractivity contribution is 5.91. The lowest BCUT2D eigenvalue weighted by molar-refractivity contribution is 0.288. The number of aromatic nitrogens is 2. The van der Waals surface area contributed by atoms with E-state index in [9.17, 15) is 5.26 Å². The van der Waals surface area contributed by atoms with Gasteiger partial charge in [0.05, 0.1) is 37.4 Å². The number of methoxy groups -OCH3 is 2. The Morgan fingerprint density at radius 2 is 1.82 bits per heavy atom. The summed E-state index contributed by atoms with van der Waals surface area (Å²) in [6.45, 7) is 5.14. The molecule has 0 amide bonds. The molecule has 0 fully saturated rings. The number of nitriles is 1. The monoisotopic (exact) mass is 377 g/mol. The Kier molecular flexibility index (Phi) is 5.85. The predicted molar refractivity (Wildman–Crippen MR) is 110 cm³/mol. The van der Waals surface area contributed by atoms with Crippen molar-refractivity contribution in [3.63, 3.8) is 0 Å². The summed E-state index contributed by atoms with van der Waals surface area (Å²) in [6, 6.07) is 13.8. The van der Waals surface area contributed by atoms with E-state index in [1.807, 2.05) is 54.8 Å². The number of benzene rings is 2. The molecule has 6 nitrogen and oxygen atoms in total. The summed E-state index contributed by atoms with van der Waals surface area (Å²) in [5.41, 5.74) is 3.10. The molecule has 0 unspecified atom stereocenters. The molecule has 6 heteroatoms. The number of fused-ring (bicyclic) bond motifs is 1. The third-order valence-electron chi connectivity index (χ3n) is 4.41. The van der Waals surface area contributed by atoms with Crippen molar-refractivity contribution < 1.29 is 14.2 Å². The molecule has 0 N–H and O–H groups in total. The zero-order valence-electron chi connectivity index (χ0n) is 16.5. The van der Waals surface area contributed by atoms with Gasteiger partial charge in [-0.15, -0.1) is 0 Å². The van der Waals surface area contributed by atoms with Crippen molar-refractivity contribution in [3.05, 3.63) is 47.8 Å². The number of hydrogen-bond donors (Lipinski definition) is 0. The Bertz CT molecular complexity index is 1040. The number of aryl methyl sites for hydroxylation is 1. The quantitative estimate of drug-likeness (QED) is 0.566. The van der Waals surface area contributed by atoms with Gasteiger partial charge >= 0.3 is 0 Å². The van der Waals surface area contributed by atoms with Crippen LogP contribution in [-0.2, 0) is 6.54 Å². The fourth-order valence-electron chi connectivity index (χ4n) is 3.18. The van der Waals surface area contributed by atoms with Crippen LogP contribution in [0, 0.1) is 11.3 Å². The van der Waals surface area contributed by atoms with Gasteiger partial charge in [-0.1, -0.05) is 12.1 Å². The molecule has 0 aliphatic rings. The van der Waals surface area contributed by atoms with Gasteiger partial charge in [-0.05, 0) is 49.8 Å². The SMILES string of the molecule is CCOc1c(OC)cc(/C=C(/C#N)c2nc3ccccc3n2CC)cc1OC. The van der Waals surface area contributed by atoms with E-state index >= 15 is 0 Å². The van der Waals surface area contributed by atoms with Gasteiger partial charge in [-0.25, -0.2) is 4.98 Å². The average molecular weight is 377 g/mol. The third-order valence-corrected chi connectivity index (χ3v) is 4.41. The van der Waals surface area contributed by atoms with Gasteiger partial charge in [0, 0.05) is 6.54 Å². The molecular formula is C22H23N3O3. The summed E-state index contributed by atoms with van der Waals surface area (Å²) in [4.78, 5) is 4.67. The number of para-hydroxylation sites is 2. The Hall–Kier alpha value is -3.46. The minimum absolute atomic E-state index is 0.464. The first-order valence-electron chi connectivity index (χ1n) is 9.13. The molecule has 0 aliphatic heterocycles. The fraction of sp³-hybridized carbons (Fsp3) is 0.273. The van der Waals surface area contributed by atoms with Crippen LogP contribution in [0.4, 0.5) is 0 Å². The Morgan fingerprint density at radius 3 is 2.39 bits per heavy atom. The number of imidazole rings is 1. The molecule has 1 aromatic heterocycles. The van der Waals surface area contributed by atoms with Crippen molar-refractivity contribution in [3.8, 4) is 23.3 Å². The number of rotatable bonds is 7. The summed E-state index contributed by atoms with van der Waals surface area (Å²) in [6.07, 6.45) is 1.79. The second-order valence-electron chi connectivity index (χ2n) is 6.03. The molecule has 28 heavy (non-hydrogen) atoms. The number of allylic oxidation sites excluding steroid dienone is 1. The lowest BCUT2D eigenvalue weighted by Crippen LogP contribution is -2.01. The van der Waals surface area contributed by atoms with Gasteiger partial charge in [0.25, 0.3) is 0 Å². The maximum atomic E-state index is 9.82. The van der Waals surface area contributed by atoms with Gasteiger partial charge in [-0.2, -0.15) is 5.26 Å². The van der Waals surface area contributed by atoms with Crippen molar-refractivity contribution in [1.82, 2.24) is 9.55 Å². The van der Waals surface area contributed by atoms with Gasteiger partial charge in [0.2, 0.25) is 5.75 Å². The molecule has 0 aliphatic carbocycles. The Balaban J connectivity index is 2.15. The van der Waals surface area contributed by atoms with Gasteiger partial charge in [0.1, 0.15) is 6.07 Å². The standard InChI is InChI=1S/C22H23N3O3/c1-5-25-18-10-8-7-9-17(18)24-22(25)16(14-23)11-15-12-19(26-3)21(28-6-2)20(13-15)27-4/h7-13H,5-6H2,1-4H3/b16-11-. The largest absolute Gasteiger partial charge is 0.493 e. The van der Waals surface area contributed by atoms with E-state index < -0.39 is 0 Å². The van der Waals surface area contributed by atoms with Gasteiger partial charge in [0.15, 0.2) is 17.3 Å². The molecule has 0 radical (unpaired) electrons. The molecule has 2 aromatic carbocycles. The number of hydrogen-bond acceptors (Lipinski definition) is 5. The zero-order valence-corrected chi connectivity index (χ0v) is 16.5. The molecule has 3 aromatic rings. The van der Waals surface area contributed by atoms with Crippen LogP contribution in [0.2, 0.25) is 0 Å². The molecule has 0 saturated heterocycles. The molecule has 1 heterocycles. The van der Waals surface area contributed by atoms with Crippen molar-refractivity contribution in [2.45, 2.75) is 20.4 Å². The van der Waals surface area contributed by atoms with Crippen LogP contribution >= 0.6 is 0 Å². The molecule has 0 saturated carbocycles. The van der Waals surface area contributed by atoms with Crippen molar-refractivity contribution in [2.75, 3.05) is 20.8 Å². The maximum absolute atomic E-state index is 9.82. The molecular weight excluding hydrogens is 354 g/mol. The van der Waals surface area contributed by atoms with Crippen LogP contribution in [0.25, 0.3) is 22.7 Å². The molecule has 0 atom stereocenters. The predicted octanol–water partition coefficient (Wildman–Crippen LogP) is 4.54. The van der Waals surface area contributed by atoms with E-state index in [1.54, 1.807) is 20.3 Å². The van der Waals surface area contributed by atoms with E-state index in [-0.39, 0.29) is 0 Å². The summed E-state index contributed by atoms with van der Waals surface area (Å²) < 4.78 is 18.6. The first kappa shape index (κ1) is 19.3. The van der Waals surface area contributed by atoms with Crippen LogP contribution in [0.5, 0.6) is 17.2 Å². The lowest BCUT2D eigenvalue weighted by Gasteiger charge is -2.14. The van der Waals surface area contributed by atoms with E-state index in [1.165, 1.54) is 0 Å². The summed E-state index contributed by atoms with van der Waals surface area (Å²) in [7, 11) is 3.15. The highest BCUT2D eigenvalue weighted by Crippen LogP contribution is 2.39. The van der Waals surface area contributed by atoms with E-state index in [2.05, 4.69) is 11.1 Å². The average Bonchev–Trinajstić information content (AvgIpc) is 3.11. The Morgan fingerprint density at radius 1 is 1.14 bits per heavy atom. The lowest BCUT2D eigenvalue weighted by atomic mass is 10.1. The number of ether oxygens (including phenoxy) is 3. The van der Waals surface area contributed by atoms with Crippen LogP contribution in [-0.4, -0.2) is 30.4 Å². The summed E-state index contributed by atoms with van der Waals surface area (Å²) in [5.74, 6) is 2.28. The fourth-order valence-corrected chi connectivity index (χ4v) is 3.18. The highest BCUT2D eigenvalue weighted by atomic mass is 16.5. The minimum atomic E-state index is 0.464. The van der Waals surface area contributed by atoms with Crippen LogP contribution < -0.4 is 14.2 Å². The van der Waals surface area contributed by atoms with Crippen LogP contribution in [0.15, 0.2) is 36.4 Å². The van der Waals surface area contributed by atoms with Crippen molar-refractivity contribution in [1.29, 1.82) is 5.26 Å². The van der Waals surface area contributed by atoms with Crippen molar-refractivity contribution >= 4 is 22.7 Å².